The van der Waals surface area contributed by atoms with E-state index in [2.05, 4.69) is 11.4 Å². The Labute approximate surface area is 145 Å². The van der Waals surface area contributed by atoms with Crippen molar-refractivity contribution in [3.8, 4) is 0 Å². The maximum Gasteiger partial charge on any atom is 0.267 e. The molecule has 0 bridgehead atoms. The summed E-state index contributed by atoms with van der Waals surface area (Å²) in [6.07, 6.45) is 5.67. The largest absolute Gasteiger partial charge is 0.464 e. The molecule has 5 nitrogen and oxygen atoms in total. The molecule has 1 amide bonds. The quantitative estimate of drug-likeness (QED) is 0.268. The van der Waals surface area contributed by atoms with Gasteiger partial charge in [0, 0.05) is 18.0 Å². The van der Waals surface area contributed by atoms with Crippen LogP contribution in [0.5, 0.6) is 0 Å². The number of nitrogens with one attached hydrogen (secondary N) is 2. The predicted octanol–water partition coefficient (Wildman–Crippen LogP) is 3.28. The number of hydroxylamine groups is 1. The minimum absolute atomic E-state index is 0.544. The average molecular weight is 336 g/mol. The Hall–Kier alpha value is -2.89. The molecule has 0 fully saturated rings. The zero-order valence-corrected chi connectivity index (χ0v) is 13.7. The van der Waals surface area contributed by atoms with Crippen LogP contribution < -0.4 is 10.8 Å². The second-order valence-corrected chi connectivity index (χ2v) is 5.73. The second-order valence-electron chi connectivity index (χ2n) is 5.73. The van der Waals surface area contributed by atoms with Crippen LogP contribution in [0.4, 0.5) is 0 Å². The number of amides is 1. The topological polar surface area (TPSA) is 74.5 Å². The van der Waals surface area contributed by atoms with Crippen LogP contribution >= 0.6 is 0 Å². The molecule has 0 aliphatic rings. The molecule has 1 heterocycles. The van der Waals surface area contributed by atoms with Crippen molar-refractivity contribution in [3.05, 3.63) is 77.6 Å². The van der Waals surface area contributed by atoms with Gasteiger partial charge in [0.15, 0.2) is 0 Å². The van der Waals surface area contributed by atoms with E-state index in [1.54, 1.807) is 11.6 Å². The molecule has 3 rings (SSSR count). The number of hydrogen-bond acceptors (Lipinski definition) is 4. The number of hydrogen-bond donors (Lipinski definition) is 3. The molecule has 0 unspecified atom stereocenters. The first kappa shape index (κ1) is 17.0. The third-order valence-corrected chi connectivity index (χ3v) is 3.98. The Morgan fingerprint density at radius 2 is 1.92 bits per heavy atom. The fraction of sp³-hybridized carbons (Fsp3) is 0.150. The Balaban J connectivity index is 1.47. The number of para-hydroxylation sites is 1. The van der Waals surface area contributed by atoms with Crippen molar-refractivity contribution in [1.82, 2.24) is 10.8 Å². The van der Waals surface area contributed by atoms with E-state index in [1.165, 1.54) is 22.6 Å². The van der Waals surface area contributed by atoms with E-state index in [-0.39, 0.29) is 0 Å². The van der Waals surface area contributed by atoms with Crippen LogP contribution in [0, 0.1) is 0 Å². The first-order chi connectivity index (χ1) is 12.3. The van der Waals surface area contributed by atoms with E-state index < -0.39 is 5.91 Å². The highest BCUT2D eigenvalue weighted by Gasteiger charge is 2.04. The predicted molar refractivity (Wildman–Crippen MR) is 97.0 cm³/mol. The van der Waals surface area contributed by atoms with Gasteiger partial charge in [0.05, 0.1) is 6.26 Å². The van der Waals surface area contributed by atoms with Gasteiger partial charge in [-0.1, -0.05) is 42.5 Å². The minimum Gasteiger partial charge on any atom is -0.464 e. The van der Waals surface area contributed by atoms with Gasteiger partial charge < -0.3 is 9.73 Å². The molecule has 2 aromatic carbocycles. The van der Waals surface area contributed by atoms with Crippen molar-refractivity contribution in [2.75, 3.05) is 6.54 Å². The number of fused-ring (bicyclic) bond motifs is 1. The van der Waals surface area contributed by atoms with Gasteiger partial charge in [-0.05, 0) is 41.8 Å². The van der Waals surface area contributed by atoms with Gasteiger partial charge >= 0.3 is 0 Å². The summed E-state index contributed by atoms with van der Waals surface area (Å²) in [5.74, 6) is -0.544. The molecule has 0 aliphatic carbocycles. The Morgan fingerprint density at radius 1 is 1.12 bits per heavy atom. The van der Waals surface area contributed by atoms with Crippen molar-refractivity contribution in [3.63, 3.8) is 0 Å². The second kappa shape index (κ2) is 8.28. The molecule has 0 spiro atoms. The number of furan rings is 1. The Kier molecular flexibility index (Phi) is 5.61. The fourth-order valence-corrected chi connectivity index (χ4v) is 2.64. The molecule has 128 valence electrons. The van der Waals surface area contributed by atoms with E-state index in [1.807, 2.05) is 48.7 Å². The highest BCUT2D eigenvalue weighted by atomic mass is 16.5. The van der Waals surface area contributed by atoms with Gasteiger partial charge in [-0.3, -0.25) is 10.0 Å². The van der Waals surface area contributed by atoms with Crippen molar-refractivity contribution in [2.24, 2.45) is 0 Å². The summed E-state index contributed by atoms with van der Waals surface area (Å²) < 4.78 is 5.55. The molecule has 0 aliphatic heterocycles. The molecule has 3 N–H and O–H groups in total. The van der Waals surface area contributed by atoms with Gasteiger partial charge in [-0.15, -0.1) is 0 Å². The summed E-state index contributed by atoms with van der Waals surface area (Å²) in [7, 11) is 0. The summed E-state index contributed by atoms with van der Waals surface area (Å²) in [6, 6.07) is 15.9. The average Bonchev–Trinajstić information content (AvgIpc) is 3.07. The monoisotopic (exact) mass is 336 g/mol. The summed E-state index contributed by atoms with van der Waals surface area (Å²) in [5.41, 5.74) is 5.77. The third-order valence-electron chi connectivity index (χ3n) is 3.98. The van der Waals surface area contributed by atoms with Gasteiger partial charge in [0.2, 0.25) is 0 Å². The first-order valence-corrected chi connectivity index (χ1v) is 8.13. The highest BCUT2D eigenvalue weighted by Crippen LogP contribution is 2.20. The van der Waals surface area contributed by atoms with Crippen LogP contribution in [0.1, 0.15) is 16.7 Å². The zero-order valence-electron chi connectivity index (χ0n) is 13.7. The smallest absolute Gasteiger partial charge is 0.267 e. The summed E-state index contributed by atoms with van der Waals surface area (Å²) in [6.45, 7) is 1.64. The molecule has 0 saturated carbocycles. The molecule has 1 aromatic heterocycles. The van der Waals surface area contributed by atoms with Gasteiger partial charge in [0.1, 0.15) is 5.58 Å². The van der Waals surface area contributed by atoms with Crippen LogP contribution in [0.3, 0.4) is 0 Å². The van der Waals surface area contributed by atoms with E-state index >= 15 is 0 Å². The number of carbonyl (C=O) groups excluding carboxylic acids is 1. The van der Waals surface area contributed by atoms with E-state index in [9.17, 15) is 4.79 Å². The maximum atomic E-state index is 10.9. The fourth-order valence-electron chi connectivity index (χ4n) is 2.64. The summed E-state index contributed by atoms with van der Waals surface area (Å²) in [4.78, 5) is 10.9. The summed E-state index contributed by atoms with van der Waals surface area (Å²) >= 11 is 0. The lowest BCUT2D eigenvalue weighted by Crippen LogP contribution is -2.16. The van der Waals surface area contributed by atoms with Crippen LogP contribution in [0.15, 0.2) is 65.3 Å². The van der Waals surface area contributed by atoms with Crippen LogP contribution in [0.25, 0.3) is 17.0 Å². The molecule has 0 saturated heterocycles. The molecule has 25 heavy (non-hydrogen) atoms. The van der Waals surface area contributed by atoms with Crippen molar-refractivity contribution in [1.29, 1.82) is 0 Å². The van der Waals surface area contributed by atoms with Gasteiger partial charge in [0.25, 0.3) is 5.91 Å². The van der Waals surface area contributed by atoms with E-state index in [0.717, 1.165) is 30.7 Å². The van der Waals surface area contributed by atoms with Crippen LogP contribution in [-0.4, -0.2) is 17.7 Å². The Bertz CT molecular complexity index is 866. The van der Waals surface area contributed by atoms with E-state index in [0.29, 0.717) is 0 Å². The molecule has 0 atom stereocenters. The molecular weight excluding hydrogens is 316 g/mol. The number of rotatable bonds is 7. The third kappa shape index (κ3) is 4.56. The SMILES string of the molecule is O=C(/C=C/c1ccc(CNCCc2coc3ccccc23)cc1)NO. The van der Waals surface area contributed by atoms with Crippen molar-refractivity contribution >= 4 is 23.0 Å². The molecule has 3 aromatic rings. The normalized spacial score (nSPS) is 11.2. The van der Waals surface area contributed by atoms with Gasteiger partial charge in [-0.25, -0.2) is 5.48 Å². The molecular formula is C20H20N2O3. The zero-order chi connectivity index (χ0) is 17.5. The van der Waals surface area contributed by atoms with Gasteiger partial charge in [-0.2, -0.15) is 0 Å². The number of benzene rings is 2. The number of carbonyl (C=O) groups is 1. The van der Waals surface area contributed by atoms with E-state index in [4.69, 9.17) is 9.62 Å². The lowest BCUT2D eigenvalue weighted by atomic mass is 10.1. The summed E-state index contributed by atoms with van der Waals surface area (Å²) in [5, 5.41) is 13.0. The molecule has 0 radical (unpaired) electrons. The lowest BCUT2D eigenvalue weighted by molar-refractivity contribution is -0.124. The van der Waals surface area contributed by atoms with Crippen molar-refractivity contribution < 1.29 is 14.4 Å². The highest BCUT2D eigenvalue weighted by molar-refractivity contribution is 5.90. The maximum absolute atomic E-state index is 10.9. The van der Waals surface area contributed by atoms with Crippen molar-refractivity contribution in [2.45, 2.75) is 13.0 Å². The minimum atomic E-state index is -0.544. The lowest BCUT2D eigenvalue weighted by Gasteiger charge is -2.05. The standard InChI is InChI=1S/C20H20N2O3/c23-20(22-24)10-9-15-5-7-16(8-6-15)13-21-12-11-17-14-25-19-4-2-1-3-18(17)19/h1-10,14,21,24H,11-13H2,(H,22,23)/b10-9+. The molecule has 5 heteroatoms. The Morgan fingerprint density at radius 3 is 2.72 bits per heavy atom. The van der Waals surface area contributed by atoms with Crippen LogP contribution in [0.2, 0.25) is 0 Å². The first-order valence-electron chi connectivity index (χ1n) is 8.13. The van der Waals surface area contributed by atoms with Crippen LogP contribution in [-0.2, 0) is 17.8 Å².